The summed E-state index contributed by atoms with van der Waals surface area (Å²) in [5.41, 5.74) is 0.372. The zero-order valence-corrected chi connectivity index (χ0v) is 17.6. The number of pyridine rings is 1. The number of hydrogen-bond acceptors (Lipinski definition) is 5. The highest BCUT2D eigenvalue weighted by Gasteiger charge is 2.38. The number of fused-ring (bicyclic) bond motifs is 1. The van der Waals surface area contributed by atoms with Crippen LogP contribution in [0.4, 0.5) is 26.3 Å². The summed E-state index contributed by atoms with van der Waals surface area (Å²) in [5, 5.41) is 2.86. The molecule has 1 aliphatic rings. The van der Waals surface area contributed by atoms with E-state index in [1.807, 2.05) is 0 Å². The van der Waals surface area contributed by atoms with Gasteiger partial charge in [0, 0.05) is 62.0 Å². The van der Waals surface area contributed by atoms with Crippen molar-refractivity contribution in [1.82, 2.24) is 25.2 Å². The molecule has 0 aliphatic carbocycles. The number of hydrogen-bond donors (Lipinski definition) is 1. The molecule has 1 amide bonds. The minimum absolute atomic E-state index is 0.0545. The number of amides is 1. The maximum absolute atomic E-state index is 14.5. The van der Waals surface area contributed by atoms with E-state index in [4.69, 9.17) is 0 Å². The van der Waals surface area contributed by atoms with Crippen molar-refractivity contribution < 1.29 is 31.1 Å². The first kappa shape index (κ1) is 23.9. The molecule has 1 atom stereocenters. The largest absolute Gasteiger partial charge is 0.451 e. The third kappa shape index (κ3) is 5.11. The molecule has 34 heavy (non-hydrogen) atoms. The summed E-state index contributed by atoms with van der Waals surface area (Å²) < 4.78 is 80.4. The second-order valence-corrected chi connectivity index (χ2v) is 7.95. The van der Waals surface area contributed by atoms with Crippen molar-refractivity contribution in [2.24, 2.45) is 0 Å². The number of piperidine rings is 1. The number of benzene rings is 1. The molecule has 0 spiro atoms. The van der Waals surface area contributed by atoms with E-state index < -0.39 is 48.5 Å². The van der Waals surface area contributed by atoms with Crippen LogP contribution in [0, 0.1) is 5.82 Å². The summed E-state index contributed by atoms with van der Waals surface area (Å²) in [5.74, 6) is -5.73. The maximum Gasteiger partial charge on any atom is 0.451 e. The fraction of sp³-hybridized carbons (Fsp3) is 0.364. The Morgan fingerprint density at radius 1 is 1.09 bits per heavy atom. The van der Waals surface area contributed by atoms with Gasteiger partial charge in [0.1, 0.15) is 5.82 Å². The highest BCUT2D eigenvalue weighted by Crippen LogP contribution is 2.33. The summed E-state index contributed by atoms with van der Waals surface area (Å²) >= 11 is 0. The summed E-state index contributed by atoms with van der Waals surface area (Å²) in [6.07, 6.45) is -2.21. The highest BCUT2D eigenvalue weighted by molar-refractivity contribution is 6.06. The fourth-order valence-corrected chi connectivity index (χ4v) is 3.91. The van der Waals surface area contributed by atoms with E-state index in [1.165, 1.54) is 18.3 Å². The molecule has 0 bridgehead atoms. The van der Waals surface area contributed by atoms with Gasteiger partial charge in [-0.1, -0.05) is 6.07 Å². The Labute approximate surface area is 190 Å². The number of carbonyl (C=O) groups excluding carboxylic acids is 1. The number of nitrogens with zero attached hydrogens (tertiary/aromatic N) is 4. The number of halogens is 6. The molecule has 3 heterocycles. The molecule has 1 fully saturated rings. The minimum atomic E-state index is -4.74. The molecular weight excluding hydrogens is 464 g/mol. The van der Waals surface area contributed by atoms with Crippen molar-refractivity contribution in [2.75, 3.05) is 19.6 Å². The molecule has 6 nitrogen and oxygen atoms in total. The first-order chi connectivity index (χ1) is 16.0. The van der Waals surface area contributed by atoms with Gasteiger partial charge in [-0.15, -0.1) is 0 Å². The highest BCUT2D eigenvalue weighted by atomic mass is 19.4. The van der Waals surface area contributed by atoms with E-state index in [9.17, 15) is 31.1 Å². The summed E-state index contributed by atoms with van der Waals surface area (Å²) in [6.45, 7) is -0.294. The molecule has 2 aromatic heterocycles. The average molecular weight is 483 g/mol. The van der Waals surface area contributed by atoms with Crippen LogP contribution in [0.1, 0.15) is 40.6 Å². The quantitative estimate of drug-likeness (QED) is 0.546. The predicted octanol–water partition coefficient (Wildman–Crippen LogP) is 4.38. The van der Waals surface area contributed by atoms with Crippen molar-refractivity contribution in [3.8, 4) is 0 Å². The molecule has 0 saturated carbocycles. The smallest absolute Gasteiger partial charge is 0.350 e. The Kier molecular flexibility index (Phi) is 6.43. The lowest BCUT2D eigenvalue weighted by Gasteiger charge is -2.37. The summed E-state index contributed by atoms with van der Waals surface area (Å²) in [7, 11) is 0. The number of rotatable bonds is 5. The molecule has 1 aliphatic heterocycles. The fourth-order valence-electron chi connectivity index (χ4n) is 3.91. The van der Waals surface area contributed by atoms with E-state index in [1.54, 1.807) is 11.0 Å². The van der Waals surface area contributed by atoms with Gasteiger partial charge >= 0.3 is 6.18 Å². The molecule has 3 aromatic rings. The number of carbonyl (C=O) groups is 1. The molecule has 0 radical (unpaired) electrons. The molecule has 1 aromatic carbocycles. The third-order valence-electron chi connectivity index (χ3n) is 5.70. The SMILES string of the molecule is O=C(NCC(c1cnc(C(F)(F)F)nc1)N1CCC(F)(F)CC1)c1c(F)ccc2ncccc12. The van der Waals surface area contributed by atoms with Crippen LogP contribution in [-0.4, -0.2) is 51.3 Å². The molecule has 4 rings (SSSR count). The normalized spacial score (nSPS) is 17.5. The topological polar surface area (TPSA) is 71.0 Å². The van der Waals surface area contributed by atoms with Gasteiger partial charge in [0.2, 0.25) is 5.82 Å². The average Bonchev–Trinajstić information content (AvgIpc) is 2.79. The van der Waals surface area contributed by atoms with Gasteiger partial charge in [0.05, 0.1) is 17.1 Å². The second kappa shape index (κ2) is 9.16. The van der Waals surface area contributed by atoms with E-state index in [0.29, 0.717) is 5.52 Å². The zero-order chi connectivity index (χ0) is 24.5. The lowest BCUT2D eigenvalue weighted by Crippen LogP contribution is -2.45. The van der Waals surface area contributed by atoms with E-state index in [2.05, 4.69) is 20.3 Å². The van der Waals surface area contributed by atoms with Gasteiger partial charge in [-0.05, 0) is 18.2 Å². The number of nitrogens with one attached hydrogen (secondary N) is 1. The van der Waals surface area contributed by atoms with Crippen molar-refractivity contribution in [2.45, 2.75) is 31.0 Å². The van der Waals surface area contributed by atoms with Crippen molar-refractivity contribution in [3.63, 3.8) is 0 Å². The van der Waals surface area contributed by atoms with Gasteiger partial charge < -0.3 is 5.32 Å². The molecule has 1 saturated heterocycles. The third-order valence-corrected chi connectivity index (χ3v) is 5.70. The summed E-state index contributed by atoms with van der Waals surface area (Å²) in [4.78, 5) is 25.3. The number of aromatic nitrogens is 3. The Morgan fingerprint density at radius 3 is 2.41 bits per heavy atom. The Hall–Kier alpha value is -3.28. The van der Waals surface area contributed by atoms with Crippen LogP contribution in [0.25, 0.3) is 10.9 Å². The number of alkyl halides is 5. The van der Waals surface area contributed by atoms with Gasteiger partial charge in [0.15, 0.2) is 0 Å². The van der Waals surface area contributed by atoms with Crippen molar-refractivity contribution in [3.05, 3.63) is 65.6 Å². The van der Waals surface area contributed by atoms with Gasteiger partial charge in [-0.2, -0.15) is 13.2 Å². The summed E-state index contributed by atoms with van der Waals surface area (Å²) in [6, 6.07) is 4.83. The molecule has 12 heteroatoms. The van der Waals surface area contributed by atoms with Gasteiger partial charge in [-0.25, -0.2) is 23.1 Å². The molecular formula is C22H19F6N5O. The van der Waals surface area contributed by atoms with Crippen LogP contribution in [0.15, 0.2) is 42.9 Å². The van der Waals surface area contributed by atoms with E-state index >= 15 is 0 Å². The zero-order valence-electron chi connectivity index (χ0n) is 17.6. The predicted molar refractivity (Wildman–Crippen MR) is 110 cm³/mol. The monoisotopic (exact) mass is 483 g/mol. The Bertz CT molecular complexity index is 1170. The molecule has 180 valence electrons. The van der Waals surface area contributed by atoms with Crippen LogP contribution in [0.5, 0.6) is 0 Å². The van der Waals surface area contributed by atoms with Crippen LogP contribution in [0.2, 0.25) is 0 Å². The van der Waals surface area contributed by atoms with Crippen molar-refractivity contribution >= 4 is 16.8 Å². The van der Waals surface area contributed by atoms with Gasteiger partial charge in [-0.3, -0.25) is 14.7 Å². The lowest BCUT2D eigenvalue weighted by molar-refractivity contribution is -0.145. The number of likely N-dealkylation sites (tertiary alicyclic amines) is 1. The first-order valence-corrected chi connectivity index (χ1v) is 10.4. The van der Waals surface area contributed by atoms with Gasteiger partial charge in [0.25, 0.3) is 11.8 Å². The standard InChI is InChI=1S/C22H19F6N5O/c23-15-3-4-16-14(2-1-7-29-16)18(15)19(34)30-12-17(33-8-5-21(24,25)6-9-33)13-10-31-20(32-11-13)22(26,27)28/h1-4,7,10-11,17H,5-6,8-9,12H2,(H,30,34). The van der Waals surface area contributed by atoms with Crippen molar-refractivity contribution in [1.29, 1.82) is 0 Å². The lowest BCUT2D eigenvalue weighted by atomic mass is 10.0. The van der Waals surface area contributed by atoms with Crippen LogP contribution >= 0.6 is 0 Å². The Balaban J connectivity index is 1.59. The molecule has 1 N–H and O–H groups in total. The minimum Gasteiger partial charge on any atom is -0.350 e. The van der Waals surface area contributed by atoms with E-state index in [0.717, 1.165) is 18.5 Å². The van der Waals surface area contributed by atoms with Crippen LogP contribution in [0.3, 0.4) is 0 Å². The molecule has 1 unspecified atom stereocenters. The van der Waals surface area contributed by atoms with Crippen LogP contribution in [-0.2, 0) is 6.18 Å². The maximum atomic E-state index is 14.5. The van der Waals surface area contributed by atoms with Crippen LogP contribution < -0.4 is 5.32 Å². The Morgan fingerprint density at radius 2 is 1.76 bits per heavy atom. The first-order valence-electron chi connectivity index (χ1n) is 10.4. The second-order valence-electron chi connectivity index (χ2n) is 7.95. The van der Waals surface area contributed by atoms with E-state index in [-0.39, 0.29) is 36.1 Å².